The van der Waals surface area contributed by atoms with Crippen molar-refractivity contribution in [3.8, 4) is 6.07 Å². The number of aliphatic hydroxyl groups excluding tert-OH is 1. The number of carbonyl (C=O) groups is 3. The molecule has 2 aliphatic rings. The number of rotatable bonds is 10. The van der Waals surface area contributed by atoms with E-state index in [0.717, 1.165) is 32.1 Å². The van der Waals surface area contributed by atoms with E-state index in [-0.39, 0.29) is 30.5 Å². The number of hydrogen-bond donors (Lipinski definition) is 3. The van der Waals surface area contributed by atoms with Gasteiger partial charge in [-0.1, -0.05) is 40.0 Å². The van der Waals surface area contributed by atoms with E-state index >= 15 is 0 Å². The van der Waals surface area contributed by atoms with Crippen LogP contribution in [0.25, 0.3) is 5.52 Å². The molecule has 2 fully saturated rings. The molecule has 1 aliphatic carbocycles. The lowest BCUT2D eigenvalue weighted by Gasteiger charge is -2.29. The number of ether oxygens (including phenoxy) is 4. The first kappa shape index (κ1) is 34.2. The molecule has 0 spiro atoms. The molecule has 1 amide bonds. The van der Waals surface area contributed by atoms with Crippen LogP contribution in [0, 0.1) is 22.7 Å². The van der Waals surface area contributed by atoms with Crippen LogP contribution < -0.4 is 11.1 Å². The quantitative estimate of drug-likeness (QED) is 0.325. The SMILES string of the molecule is COC(C)(C)C(=O)Nc1ncnn2c([C@]3(C#N)O[C@H](COC(=O)CC4CCCCC4)[C@@H](OC(=O)[C@@H](N)C(C)(C)C)[C@H]3O)ccc12. The van der Waals surface area contributed by atoms with Crippen LogP contribution in [0.5, 0.6) is 0 Å². The highest BCUT2D eigenvalue weighted by Gasteiger charge is 2.60. The van der Waals surface area contributed by atoms with Crippen molar-refractivity contribution >= 4 is 29.2 Å². The van der Waals surface area contributed by atoms with E-state index in [1.807, 2.05) is 6.07 Å². The van der Waals surface area contributed by atoms with Gasteiger partial charge in [-0.05, 0) is 50.2 Å². The molecule has 3 heterocycles. The summed E-state index contributed by atoms with van der Waals surface area (Å²) in [5, 5.41) is 29.1. The zero-order chi connectivity index (χ0) is 33.2. The minimum atomic E-state index is -2.12. The van der Waals surface area contributed by atoms with Crippen molar-refractivity contribution < 1.29 is 38.4 Å². The molecule has 14 nitrogen and oxygen atoms in total. The van der Waals surface area contributed by atoms with Crippen molar-refractivity contribution in [3.63, 3.8) is 0 Å². The van der Waals surface area contributed by atoms with Gasteiger partial charge in [0.15, 0.2) is 11.9 Å². The van der Waals surface area contributed by atoms with Gasteiger partial charge in [0.25, 0.3) is 5.91 Å². The molecule has 45 heavy (non-hydrogen) atoms. The Labute approximate surface area is 262 Å². The van der Waals surface area contributed by atoms with Crippen molar-refractivity contribution in [3.05, 3.63) is 24.2 Å². The number of anilines is 1. The van der Waals surface area contributed by atoms with Crippen LogP contribution in [0.15, 0.2) is 18.5 Å². The van der Waals surface area contributed by atoms with Crippen LogP contribution in [0.2, 0.25) is 0 Å². The standard InChI is InChI=1S/C31H44N6O8/c1-29(2,3)24(33)27(40)44-23-20(15-43-22(38)14-18-10-8-7-9-11-18)45-31(16-32,25(23)39)21-13-12-19-26(34-17-35-37(19)21)36-28(41)30(4,5)42-6/h12-13,17-18,20,23-25,39H,7-11,14-15,33H2,1-6H3,(H,34,35,36,41)/t20-,23-,24-,25-,31+/m1/s1. The van der Waals surface area contributed by atoms with Gasteiger partial charge in [0.05, 0.1) is 5.69 Å². The van der Waals surface area contributed by atoms with Gasteiger partial charge >= 0.3 is 11.9 Å². The number of aliphatic hydroxyl groups is 1. The number of nitrogens with one attached hydrogen (secondary N) is 1. The predicted octanol–water partition coefficient (Wildman–Crippen LogP) is 2.37. The third-order valence-corrected chi connectivity index (χ3v) is 8.75. The van der Waals surface area contributed by atoms with E-state index < -0.39 is 58.8 Å². The molecular weight excluding hydrogens is 584 g/mol. The van der Waals surface area contributed by atoms with Crippen molar-refractivity contribution in [1.29, 1.82) is 5.26 Å². The molecular formula is C31H44N6O8. The predicted molar refractivity (Wildman–Crippen MR) is 160 cm³/mol. The second-order valence-electron chi connectivity index (χ2n) is 13.4. The highest BCUT2D eigenvalue weighted by Crippen LogP contribution is 2.42. The number of hydrogen-bond acceptors (Lipinski definition) is 12. The van der Waals surface area contributed by atoms with Gasteiger partial charge < -0.3 is 35.1 Å². The summed E-state index contributed by atoms with van der Waals surface area (Å²) in [6, 6.07) is 4.02. The number of fused-ring (bicyclic) bond motifs is 1. The molecule has 1 saturated heterocycles. The second-order valence-corrected chi connectivity index (χ2v) is 13.4. The van der Waals surface area contributed by atoms with Crippen LogP contribution in [0.4, 0.5) is 5.82 Å². The molecule has 0 radical (unpaired) electrons. The van der Waals surface area contributed by atoms with Crippen LogP contribution >= 0.6 is 0 Å². The monoisotopic (exact) mass is 628 g/mol. The smallest absolute Gasteiger partial charge is 0.323 e. The van der Waals surface area contributed by atoms with Gasteiger partial charge in [-0.15, -0.1) is 0 Å². The lowest BCUT2D eigenvalue weighted by Crippen LogP contribution is -2.49. The number of esters is 2. The number of nitrogens with zero attached hydrogens (tertiary/aromatic N) is 4. The van der Waals surface area contributed by atoms with E-state index in [1.165, 1.54) is 24.0 Å². The Bertz CT molecular complexity index is 1440. The van der Waals surface area contributed by atoms with Gasteiger partial charge in [-0.2, -0.15) is 10.4 Å². The number of nitriles is 1. The Balaban J connectivity index is 1.65. The maximum absolute atomic E-state index is 13.1. The average molecular weight is 629 g/mol. The Morgan fingerprint density at radius 1 is 1.22 bits per heavy atom. The van der Waals surface area contributed by atoms with Crippen LogP contribution in [-0.4, -0.2) is 81.2 Å². The van der Waals surface area contributed by atoms with Crippen LogP contribution in [-0.2, 0) is 38.9 Å². The number of nitrogens with two attached hydrogens (primary N) is 1. The van der Waals surface area contributed by atoms with E-state index in [2.05, 4.69) is 15.4 Å². The number of methoxy groups -OCH3 is 1. The molecule has 2 aromatic heterocycles. The normalized spacial score (nSPS) is 25.0. The first-order valence-electron chi connectivity index (χ1n) is 15.2. The van der Waals surface area contributed by atoms with Gasteiger partial charge in [0.1, 0.15) is 48.4 Å². The third-order valence-electron chi connectivity index (χ3n) is 8.75. The molecule has 1 aliphatic heterocycles. The summed E-state index contributed by atoms with van der Waals surface area (Å²) in [4.78, 5) is 42.8. The summed E-state index contributed by atoms with van der Waals surface area (Å²) in [6.07, 6.45) is 2.23. The highest BCUT2D eigenvalue weighted by atomic mass is 16.6. The molecule has 0 bridgehead atoms. The summed E-state index contributed by atoms with van der Waals surface area (Å²) in [6.45, 7) is 8.10. The van der Waals surface area contributed by atoms with Gasteiger partial charge in [0, 0.05) is 13.5 Å². The average Bonchev–Trinajstić information content (AvgIpc) is 3.55. The molecule has 4 rings (SSSR count). The van der Waals surface area contributed by atoms with Gasteiger partial charge in [0.2, 0.25) is 5.60 Å². The van der Waals surface area contributed by atoms with Crippen molar-refractivity contribution in [2.24, 2.45) is 17.1 Å². The maximum atomic E-state index is 13.1. The number of carbonyl (C=O) groups excluding carboxylic acids is 3. The fourth-order valence-corrected chi connectivity index (χ4v) is 5.53. The minimum Gasteiger partial charge on any atom is -0.463 e. The van der Waals surface area contributed by atoms with E-state index in [0.29, 0.717) is 5.52 Å². The Morgan fingerprint density at radius 2 is 1.91 bits per heavy atom. The zero-order valence-corrected chi connectivity index (χ0v) is 26.7. The van der Waals surface area contributed by atoms with Crippen molar-refractivity contribution in [2.45, 2.75) is 109 Å². The largest absolute Gasteiger partial charge is 0.463 e. The third kappa shape index (κ3) is 7.12. The van der Waals surface area contributed by atoms with Gasteiger partial charge in [-0.25, -0.2) is 9.50 Å². The second kappa shape index (κ2) is 13.4. The first-order chi connectivity index (χ1) is 21.1. The molecule has 0 unspecified atom stereocenters. The fraction of sp³-hybridized carbons (Fsp3) is 0.677. The zero-order valence-electron chi connectivity index (χ0n) is 26.7. The lowest BCUT2D eigenvalue weighted by atomic mass is 9.87. The minimum absolute atomic E-state index is 0.0774. The van der Waals surface area contributed by atoms with Crippen molar-refractivity contribution in [2.75, 3.05) is 19.0 Å². The summed E-state index contributed by atoms with van der Waals surface area (Å²) < 4.78 is 24.0. The Morgan fingerprint density at radius 3 is 2.53 bits per heavy atom. The molecule has 14 heteroatoms. The van der Waals surface area contributed by atoms with E-state index in [9.17, 15) is 24.8 Å². The van der Waals surface area contributed by atoms with E-state index in [1.54, 1.807) is 40.7 Å². The lowest BCUT2D eigenvalue weighted by molar-refractivity contribution is -0.163. The molecule has 1 saturated carbocycles. The van der Waals surface area contributed by atoms with Gasteiger partial charge in [-0.3, -0.25) is 14.4 Å². The van der Waals surface area contributed by atoms with Crippen molar-refractivity contribution in [1.82, 2.24) is 14.6 Å². The first-order valence-corrected chi connectivity index (χ1v) is 15.2. The number of aromatic nitrogens is 3. The molecule has 0 aromatic carbocycles. The highest BCUT2D eigenvalue weighted by molar-refractivity contribution is 5.98. The maximum Gasteiger partial charge on any atom is 0.323 e. The molecule has 4 N–H and O–H groups in total. The van der Waals surface area contributed by atoms with Crippen LogP contribution in [0.1, 0.15) is 78.8 Å². The van der Waals surface area contributed by atoms with Crippen LogP contribution in [0.3, 0.4) is 0 Å². The van der Waals surface area contributed by atoms with E-state index in [4.69, 9.17) is 24.7 Å². The summed E-state index contributed by atoms with van der Waals surface area (Å²) >= 11 is 0. The molecule has 5 atom stereocenters. The molecule has 246 valence electrons. The number of amides is 1. The summed E-state index contributed by atoms with van der Waals surface area (Å²) in [5.41, 5.74) is 2.57. The topological polar surface area (TPSA) is 200 Å². The summed E-state index contributed by atoms with van der Waals surface area (Å²) in [7, 11) is 1.40. The Kier molecular flexibility index (Phi) is 10.2. The fourth-order valence-electron chi connectivity index (χ4n) is 5.53. The Hall–Kier alpha value is -3.64. The summed E-state index contributed by atoms with van der Waals surface area (Å²) in [5.74, 6) is -1.37. The molecule has 2 aromatic rings.